The summed E-state index contributed by atoms with van der Waals surface area (Å²) in [5, 5.41) is 10.4. The van der Waals surface area contributed by atoms with E-state index in [1.165, 1.54) is 0 Å². The molecule has 0 saturated carbocycles. The summed E-state index contributed by atoms with van der Waals surface area (Å²) in [5.41, 5.74) is 3.05. The number of carbonyl (C=O) groups is 1. The minimum Gasteiger partial charge on any atom is -0.379 e. The Balaban J connectivity index is 1.70. The first kappa shape index (κ1) is 13.5. The maximum atomic E-state index is 11.7. The topological polar surface area (TPSA) is 62.2 Å². The summed E-state index contributed by atoms with van der Waals surface area (Å²) in [7, 11) is 0. The number of carbonyl (C=O) groups excluding carboxylic acids is 1. The van der Waals surface area contributed by atoms with Gasteiger partial charge in [-0.3, -0.25) is 9.58 Å². The Kier molecular flexibility index (Phi) is 3.77. The molecule has 0 atom stereocenters. The fourth-order valence-electron chi connectivity index (χ4n) is 2.49. The quantitative estimate of drug-likeness (QED) is 0.883. The molecule has 0 unspecified atom stereocenters. The van der Waals surface area contributed by atoms with E-state index in [-0.39, 0.29) is 6.03 Å². The number of rotatable bonds is 5. The Bertz CT molecular complexity index is 636. The number of aromatic nitrogens is 2. The van der Waals surface area contributed by atoms with Crippen LogP contribution in [0.4, 0.5) is 16.2 Å². The largest absolute Gasteiger partial charge is 0.379 e. The number of hydrogen-bond donors (Lipinski definition) is 2. The molecule has 6 heteroatoms. The molecular weight excluding hydrogens is 266 g/mol. The van der Waals surface area contributed by atoms with Gasteiger partial charge in [0.15, 0.2) is 0 Å². The van der Waals surface area contributed by atoms with Crippen LogP contribution in [0.3, 0.4) is 0 Å². The molecule has 1 aliphatic rings. The molecular formula is C15H19N5O. The fraction of sp³-hybridized carbons (Fsp3) is 0.333. The van der Waals surface area contributed by atoms with Crippen LogP contribution in [-0.4, -0.2) is 28.9 Å². The van der Waals surface area contributed by atoms with Gasteiger partial charge >= 0.3 is 6.03 Å². The molecule has 3 rings (SSSR count). The molecule has 0 aliphatic carbocycles. The summed E-state index contributed by atoms with van der Waals surface area (Å²) in [6.45, 7) is 5.06. The highest BCUT2D eigenvalue weighted by atomic mass is 16.2. The molecule has 2 N–H and O–H groups in total. The second-order valence-corrected chi connectivity index (χ2v) is 4.93. The lowest BCUT2D eigenvalue weighted by Crippen LogP contribution is -2.27. The van der Waals surface area contributed by atoms with E-state index in [1.807, 2.05) is 41.2 Å². The monoisotopic (exact) mass is 285 g/mol. The van der Waals surface area contributed by atoms with Gasteiger partial charge in [-0.15, -0.1) is 0 Å². The van der Waals surface area contributed by atoms with Crippen molar-refractivity contribution in [2.75, 3.05) is 23.3 Å². The summed E-state index contributed by atoms with van der Waals surface area (Å²) in [4.78, 5) is 13.4. The second kappa shape index (κ2) is 5.87. The van der Waals surface area contributed by atoms with Crippen LogP contribution in [0.25, 0.3) is 0 Å². The van der Waals surface area contributed by atoms with Crippen molar-refractivity contribution in [3.63, 3.8) is 0 Å². The summed E-state index contributed by atoms with van der Waals surface area (Å²) < 4.78 is 1.96. The molecule has 1 aliphatic heterocycles. The molecule has 1 fully saturated rings. The summed E-state index contributed by atoms with van der Waals surface area (Å²) in [6.07, 6.45) is 1.81. The van der Waals surface area contributed by atoms with E-state index in [0.29, 0.717) is 19.6 Å². The van der Waals surface area contributed by atoms with Crippen molar-refractivity contribution < 1.29 is 4.79 Å². The number of amides is 2. The summed E-state index contributed by atoms with van der Waals surface area (Å²) in [6, 6.07) is 9.89. The zero-order valence-electron chi connectivity index (χ0n) is 12.0. The third kappa shape index (κ3) is 2.84. The van der Waals surface area contributed by atoms with Gasteiger partial charge in [-0.1, -0.05) is 6.07 Å². The van der Waals surface area contributed by atoms with Crippen molar-refractivity contribution in [3.8, 4) is 0 Å². The van der Waals surface area contributed by atoms with Gasteiger partial charge in [-0.25, -0.2) is 4.79 Å². The first-order valence-corrected chi connectivity index (χ1v) is 7.18. The van der Waals surface area contributed by atoms with Crippen molar-refractivity contribution in [3.05, 3.63) is 42.2 Å². The van der Waals surface area contributed by atoms with E-state index in [1.54, 1.807) is 4.90 Å². The Morgan fingerprint density at radius 2 is 2.29 bits per heavy atom. The van der Waals surface area contributed by atoms with E-state index < -0.39 is 0 Å². The van der Waals surface area contributed by atoms with E-state index in [9.17, 15) is 4.79 Å². The molecule has 2 amide bonds. The number of urea groups is 1. The van der Waals surface area contributed by atoms with E-state index in [4.69, 9.17) is 0 Å². The molecule has 21 heavy (non-hydrogen) atoms. The van der Waals surface area contributed by atoms with Crippen LogP contribution in [0, 0.1) is 0 Å². The Labute approximate surface area is 123 Å². The Morgan fingerprint density at radius 1 is 1.38 bits per heavy atom. The normalized spacial score (nSPS) is 14.3. The van der Waals surface area contributed by atoms with Crippen LogP contribution in [-0.2, 0) is 13.1 Å². The zero-order valence-corrected chi connectivity index (χ0v) is 12.0. The molecule has 1 aromatic carbocycles. The van der Waals surface area contributed by atoms with Crippen LogP contribution in [0.2, 0.25) is 0 Å². The van der Waals surface area contributed by atoms with Gasteiger partial charge in [-0.2, -0.15) is 5.10 Å². The Hall–Kier alpha value is -2.50. The van der Waals surface area contributed by atoms with Gasteiger partial charge in [0.25, 0.3) is 0 Å². The molecule has 2 aromatic rings. The van der Waals surface area contributed by atoms with Gasteiger partial charge in [0.2, 0.25) is 0 Å². The number of nitrogens with zero attached hydrogens (tertiary/aromatic N) is 3. The van der Waals surface area contributed by atoms with Crippen molar-refractivity contribution in [2.24, 2.45) is 0 Å². The number of benzene rings is 1. The molecule has 1 saturated heterocycles. The van der Waals surface area contributed by atoms with Crippen molar-refractivity contribution in [1.29, 1.82) is 0 Å². The molecule has 0 spiro atoms. The lowest BCUT2D eigenvalue weighted by atomic mass is 10.2. The predicted molar refractivity (Wildman–Crippen MR) is 82.4 cm³/mol. The van der Waals surface area contributed by atoms with Crippen LogP contribution >= 0.6 is 0 Å². The summed E-state index contributed by atoms with van der Waals surface area (Å²) >= 11 is 0. The smallest absolute Gasteiger partial charge is 0.321 e. The zero-order chi connectivity index (χ0) is 14.7. The van der Waals surface area contributed by atoms with Crippen molar-refractivity contribution in [2.45, 2.75) is 20.0 Å². The van der Waals surface area contributed by atoms with Crippen molar-refractivity contribution in [1.82, 2.24) is 15.1 Å². The number of aryl methyl sites for hydroxylation is 1. The second-order valence-electron chi connectivity index (χ2n) is 4.93. The van der Waals surface area contributed by atoms with Gasteiger partial charge in [0.1, 0.15) is 0 Å². The minimum absolute atomic E-state index is 0.0313. The maximum Gasteiger partial charge on any atom is 0.321 e. The van der Waals surface area contributed by atoms with Gasteiger partial charge in [-0.05, 0) is 31.2 Å². The van der Waals surface area contributed by atoms with E-state index in [0.717, 1.165) is 23.6 Å². The highest BCUT2D eigenvalue weighted by Crippen LogP contribution is 2.21. The average Bonchev–Trinajstić information content (AvgIpc) is 3.13. The number of nitrogens with one attached hydrogen (secondary N) is 2. The summed E-state index contributed by atoms with van der Waals surface area (Å²) in [5.74, 6) is 0. The van der Waals surface area contributed by atoms with Gasteiger partial charge in [0.05, 0.1) is 12.2 Å². The Morgan fingerprint density at radius 3 is 3.05 bits per heavy atom. The SMILES string of the molecule is CCn1nccc1CNc1cccc(N2CCNC2=O)c1. The fourth-order valence-corrected chi connectivity index (χ4v) is 2.49. The van der Waals surface area contributed by atoms with Gasteiger partial charge < -0.3 is 10.6 Å². The molecule has 110 valence electrons. The van der Waals surface area contributed by atoms with Crippen LogP contribution in [0.15, 0.2) is 36.5 Å². The van der Waals surface area contributed by atoms with E-state index >= 15 is 0 Å². The molecule has 0 bridgehead atoms. The molecule has 2 heterocycles. The highest BCUT2D eigenvalue weighted by molar-refractivity contribution is 5.94. The van der Waals surface area contributed by atoms with E-state index in [2.05, 4.69) is 22.7 Å². The third-order valence-electron chi connectivity index (χ3n) is 3.59. The minimum atomic E-state index is -0.0313. The maximum absolute atomic E-state index is 11.7. The lowest BCUT2D eigenvalue weighted by molar-refractivity contribution is 0.252. The lowest BCUT2D eigenvalue weighted by Gasteiger charge is -2.16. The van der Waals surface area contributed by atoms with Crippen LogP contribution in [0.5, 0.6) is 0 Å². The van der Waals surface area contributed by atoms with Gasteiger partial charge in [0, 0.05) is 37.2 Å². The van der Waals surface area contributed by atoms with Crippen molar-refractivity contribution >= 4 is 17.4 Å². The predicted octanol–water partition coefficient (Wildman–Crippen LogP) is 2.04. The number of hydrogen-bond acceptors (Lipinski definition) is 3. The third-order valence-corrected chi connectivity index (χ3v) is 3.59. The number of anilines is 2. The standard InChI is InChI=1S/C15H19N5O/c1-2-20-14(6-7-18-20)11-17-12-4-3-5-13(10-12)19-9-8-16-15(19)21/h3-7,10,17H,2,8-9,11H2,1H3,(H,16,21). The molecule has 6 nitrogen and oxygen atoms in total. The molecule has 0 radical (unpaired) electrons. The first-order valence-electron chi connectivity index (χ1n) is 7.18. The first-order chi connectivity index (χ1) is 10.3. The molecule has 1 aromatic heterocycles. The van der Waals surface area contributed by atoms with Crippen LogP contribution < -0.4 is 15.5 Å². The average molecular weight is 285 g/mol. The highest BCUT2D eigenvalue weighted by Gasteiger charge is 2.20. The van der Waals surface area contributed by atoms with Crippen LogP contribution in [0.1, 0.15) is 12.6 Å².